The molecule has 2 N–H and O–H groups in total. The fourth-order valence-electron chi connectivity index (χ4n) is 1.31. The van der Waals surface area contributed by atoms with E-state index in [1.54, 1.807) is 13.8 Å². The first-order valence-electron chi connectivity index (χ1n) is 5.76. The highest BCUT2D eigenvalue weighted by Crippen LogP contribution is 2.24. The monoisotopic (exact) mass is 325 g/mol. The summed E-state index contributed by atoms with van der Waals surface area (Å²) >= 11 is 5.62. The normalized spacial score (nSPS) is 12.7. The van der Waals surface area contributed by atoms with Crippen LogP contribution in [0.4, 0.5) is 4.39 Å². The SMILES string of the molecule is COC(C)(C)CNS(=O)(=O)c1cc(F)c(Cl)c(CO)c1. The lowest BCUT2D eigenvalue weighted by Gasteiger charge is -2.23. The molecule has 0 unspecified atom stereocenters. The summed E-state index contributed by atoms with van der Waals surface area (Å²) < 4.78 is 45.1. The molecule has 0 saturated carbocycles. The molecule has 8 heteroatoms. The molecule has 0 atom stereocenters. The number of hydrogen-bond donors (Lipinski definition) is 2. The highest BCUT2D eigenvalue weighted by atomic mass is 35.5. The number of methoxy groups -OCH3 is 1. The van der Waals surface area contributed by atoms with Crippen LogP contribution in [0.25, 0.3) is 0 Å². The molecule has 1 rings (SSSR count). The molecule has 0 saturated heterocycles. The quantitative estimate of drug-likeness (QED) is 0.834. The molecule has 0 aliphatic carbocycles. The number of sulfonamides is 1. The van der Waals surface area contributed by atoms with E-state index in [9.17, 15) is 12.8 Å². The van der Waals surface area contributed by atoms with Crippen molar-refractivity contribution in [3.63, 3.8) is 0 Å². The third-order valence-electron chi connectivity index (χ3n) is 2.80. The van der Waals surface area contributed by atoms with Crippen LogP contribution in [0.1, 0.15) is 19.4 Å². The van der Waals surface area contributed by atoms with Crippen LogP contribution >= 0.6 is 11.6 Å². The Labute approximate surface area is 122 Å². The molecule has 1 aromatic rings. The third kappa shape index (κ3) is 4.13. The molecule has 0 radical (unpaired) electrons. The fourth-order valence-corrected chi connectivity index (χ4v) is 2.74. The molecular weight excluding hydrogens is 309 g/mol. The van der Waals surface area contributed by atoms with Gasteiger partial charge in [-0.25, -0.2) is 17.5 Å². The van der Waals surface area contributed by atoms with Crippen LogP contribution in [0.15, 0.2) is 17.0 Å². The Kier molecular flexibility index (Phi) is 5.51. The number of ether oxygens (including phenoxy) is 1. The van der Waals surface area contributed by atoms with Crippen LogP contribution in [0.3, 0.4) is 0 Å². The average molecular weight is 326 g/mol. The van der Waals surface area contributed by atoms with E-state index in [-0.39, 0.29) is 22.0 Å². The van der Waals surface area contributed by atoms with Gasteiger partial charge in [0.1, 0.15) is 5.82 Å². The second-order valence-corrected chi connectivity index (χ2v) is 6.97. The van der Waals surface area contributed by atoms with Crippen LogP contribution in [0.2, 0.25) is 5.02 Å². The van der Waals surface area contributed by atoms with E-state index < -0.39 is 28.0 Å². The zero-order valence-electron chi connectivity index (χ0n) is 11.4. The zero-order chi connectivity index (χ0) is 15.6. The van der Waals surface area contributed by atoms with E-state index >= 15 is 0 Å². The molecule has 0 aromatic heterocycles. The minimum absolute atomic E-state index is 0.0121. The molecule has 0 amide bonds. The van der Waals surface area contributed by atoms with Gasteiger partial charge < -0.3 is 9.84 Å². The van der Waals surface area contributed by atoms with E-state index in [1.807, 2.05) is 0 Å². The molecule has 1 aromatic carbocycles. The third-order valence-corrected chi connectivity index (χ3v) is 4.60. The van der Waals surface area contributed by atoms with Gasteiger partial charge in [0.15, 0.2) is 0 Å². The maximum atomic E-state index is 13.5. The van der Waals surface area contributed by atoms with Crippen molar-refractivity contribution in [3.05, 3.63) is 28.5 Å². The Morgan fingerprint density at radius 3 is 2.55 bits per heavy atom. The number of benzene rings is 1. The molecule has 0 heterocycles. The lowest BCUT2D eigenvalue weighted by Crippen LogP contribution is -2.39. The largest absolute Gasteiger partial charge is 0.392 e. The van der Waals surface area contributed by atoms with E-state index in [1.165, 1.54) is 7.11 Å². The molecule has 20 heavy (non-hydrogen) atoms. The molecular formula is C12H17ClFNO4S. The number of nitrogens with one attached hydrogen (secondary N) is 1. The summed E-state index contributed by atoms with van der Waals surface area (Å²) in [6, 6.07) is 1.94. The van der Waals surface area contributed by atoms with Crippen molar-refractivity contribution in [3.8, 4) is 0 Å². The van der Waals surface area contributed by atoms with Gasteiger partial charge >= 0.3 is 0 Å². The first-order chi connectivity index (χ1) is 9.13. The standard InChI is InChI=1S/C12H17ClFNO4S/c1-12(2,19-3)7-15-20(17,18)9-4-8(6-16)11(13)10(14)5-9/h4-5,15-16H,6-7H2,1-3H3. The van der Waals surface area contributed by atoms with Crippen LogP contribution in [0, 0.1) is 5.82 Å². The summed E-state index contributed by atoms with van der Waals surface area (Å²) in [5.74, 6) is -0.899. The minimum Gasteiger partial charge on any atom is -0.392 e. The highest BCUT2D eigenvalue weighted by Gasteiger charge is 2.23. The maximum Gasteiger partial charge on any atom is 0.240 e. The summed E-state index contributed by atoms with van der Waals surface area (Å²) in [5, 5.41) is 8.76. The molecule has 5 nitrogen and oxygen atoms in total. The zero-order valence-corrected chi connectivity index (χ0v) is 13.0. The van der Waals surface area contributed by atoms with Crippen LogP contribution in [-0.4, -0.2) is 32.8 Å². The van der Waals surface area contributed by atoms with Crippen molar-refractivity contribution in [2.75, 3.05) is 13.7 Å². The molecule has 0 bridgehead atoms. The lowest BCUT2D eigenvalue weighted by molar-refractivity contribution is 0.0276. The van der Waals surface area contributed by atoms with Gasteiger partial charge in [0.05, 0.1) is 22.1 Å². The van der Waals surface area contributed by atoms with Gasteiger partial charge in [0.25, 0.3) is 0 Å². The molecule has 0 fully saturated rings. The Morgan fingerprint density at radius 2 is 2.05 bits per heavy atom. The van der Waals surface area contributed by atoms with Crippen molar-refractivity contribution in [1.82, 2.24) is 4.72 Å². The Morgan fingerprint density at radius 1 is 1.45 bits per heavy atom. The van der Waals surface area contributed by atoms with Crippen molar-refractivity contribution in [2.24, 2.45) is 0 Å². The molecule has 114 valence electrons. The Balaban J connectivity index is 3.07. The number of aliphatic hydroxyl groups is 1. The average Bonchev–Trinajstić information content (AvgIpc) is 2.39. The van der Waals surface area contributed by atoms with E-state index in [0.717, 1.165) is 12.1 Å². The van der Waals surface area contributed by atoms with Crippen molar-refractivity contribution in [2.45, 2.75) is 31.0 Å². The molecule has 0 aliphatic heterocycles. The predicted octanol–water partition coefficient (Wildman–Crippen LogP) is 1.67. The molecule has 0 spiro atoms. The van der Waals surface area contributed by atoms with Crippen LogP contribution in [0.5, 0.6) is 0 Å². The number of hydrogen-bond acceptors (Lipinski definition) is 4. The summed E-state index contributed by atoms with van der Waals surface area (Å²) in [7, 11) is -2.46. The second kappa shape index (κ2) is 6.36. The smallest absolute Gasteiger partial charge is 0.240 e. The number of rotatable bonds is 6. The van der Waals surface area contributed by atoms with Gasteiger partial charge in [0.2, 0.25) is 10.0 Å². The van der Waals surface area contributed by atoms with E-state index in [2.05, 4.69) is 4.72 Å². The van der Waals surface area contributed by atoms with E-state index in [0.29, 0.717) is 0 Å². The summed E-state index contributed by atoms with van der Waals surface area (Å²) in [4.78, 5) is -0.296. The fraction of sp³-hybridized carbons (Fsp3) is 0.500. The van der Waals surface area contributed by atoms with Crippen molar-refractivity contribution >= 4 is 21.6 Å². The van der Waals surface area contributed by atoms with Crippen molar-refractivity contribution in [1.29, 1.82) is 0 Å². The van der Waals surface area contributed by atoms with Gasteiger partial charge in [-0.3, -0.25) is 0 Å². The minimum atomic E-state index is -3.92. The Hall–Kier alpha value is -0.730. The van der Waals surface area contributed by atoms with Gasteiger partial charge in [-0.05, 0) is 26.0 Å². The van der Waals surface area contributed by atoms with Gasteiger partial charge in [0, 0.05) is 19.2 Å². The van der Waals surface area contributed by atoms with E-state index in [4.69, 9.17) is 21.4 Å². The first kappa shape index (κ1) is 17.3. The van der Waals surface area contributed by atoms with Crippen LogP contribution in [-0.2, 0) is 21.4 Å². The summed E-state index contributed by atoms with van der Waals surface area (Å²) in [6.45, 7) is 2.88. The lowest BCUT2D eigenvalue weighted by atomic mass is 10.1. The highest BCUT2D eigenvalue weighted by molar-refractivity contribution is 7.89. The summed E-state index contributed by atoms with van der Waals surface area (Å²) in [5.41, 5.74) is -0.685. The second-order valence-electron chi connectivity index (χ2n) is 4.82. The van der Waals surface area contributed by atoms with Crippen LogP contribution < -0.4 is 4.72 Å². The number of aliphatic hydroxyl groups excluding tert-OH is 1. The van der Waals surface area contributed by atoms with Gasteiger partial charge in [-0.2, -0.15) is 0 Å². The molecule has 0 aliphatic rings. The maximum absolute atomic E-state index is 13.5. The Bertz CT molecular complexity index is 589. The summed E-state index contributed by atoms with van der Waals surface area (Å²) in [6.07, 6.45) is 0. The number of halogens is 2. The topological polar surface area (TPSA) is 75.6 Å². The first-order valence-corrected chi connectivity index (χ1v) is 7.62. The van der Waals surface area contributed by atoms with Crippen molar-refractivity contribution < 1.29 is 22.7 Å². The van der Waals surface area contributed by atoms with Gasteiger partial charge in [-0.1, -0.05) is 11.6 Å². The predicted molar refractivity (Wildman–Crippen MR) is 73.6 cm³/mol. The van der Waals surface area contributed by atoms with Gasteiger partial charge in [-0.15, -0.1) is 0 Å².